The van der Waals surface area contributed by atoms with E-state index in [-0.39, 0.29) is 17.5 Å². The summed E-state index contributed by atoms with van der Waals surface area (Å²) in [4.78, 5) is 6.79. The molecular formula is C16H32N4O2S. The molecule has 2 rings (SSSR count). The standard InChI is InChI=1S/C16H32N4O2S/c1-14-7-3-5-10-20(14)11-6-4-9-18-16(17-2)19-15-8-12-23(21,22)13-15/h14-15H,3-13H2,1-2H3,(H2,17,18,19). The lowest BCUT2D eigenvalue weighted by Crippen LogP contribution is -2.44. The summed E-state index contributed by atoms with van der Waals surface area (Å²) in [7, 11) is -1.12. The minimum atomic E-state index is -2.85. The van der Waals surface area contributed by atoms with Crippen LogP contribution in [-0.4, -0.2) is 69.5 Å². The van der Waals surface area contributed by atoms with Gasteiger partial charge >= 0.3 is 0 Å². The Labute approximate surface area is 141 Å². The van der Waals surface area contributed by atoms with Crippen LogP contribution in [0.3, 0.4) is 0 Å². The van der Waals surface area contributed by atoms with E-state index in [1.54, 1.807) is 7.05 Å². The molecule has 2 saturated heterocycles. The Hall–Kier alpha value is -0.820. The summed E-state index contributed by atoms with van der Waals surface area (Å²) in [6.07, 6.45) is 7.01. The van der Waals surface area contributed by atoms with Gasteiger partial charge in [-0.3, -0.25) is 4.99 Å². The van der Waals surface area contributed by atoms with E-state index in [1.165, 1.54) is 38.8 Å². The zero-order valence-electron chi connectivity index (χ0n) is 14.6. The van der Waals surface area contributed by atoms with Crippen molar-refractivity contribution in [2.45, 2.75) is 57.5 Å². The first kappa shape index (κ1) is 18.5. The van der Waals surface area contributed by atoms with Gasteiger partial charge in [-0.1, -0.05) is 6.42 Å². The number of guanidine groups is 1. The molecular weight excluding hydrogens is 312 g/mol. The molecule has 134 valence electrons. The third-order valence-electron chi connectivity index (χ3n) is 4.90. The maximum absolute atomic E-state index is 11.5. The van der Waals surface area contributed by atoms with Crippen LogP contribution in [0.1, 0.15) is 45.4 Å². The highest BCUT2D eigenvalue weighted by molar-refractivity contribution is 7.91. The van der Waals surface area contributed by atoms with Gasteiger partial charge in [-0.2, -0.15) is 0 Å². The average molecular weight is 345 g/mol. The SMILES string of the molecule is CN=C(NCCCCN1CCCCC1C)NC1CCS(=O)(=O)C1. The largest absolute Gasteiger partial charge is 0.356 e. The minimum Gasteiger partial charge on any atom is -0.356 e. The lowest BCUT2D eigenvalue weighted by atomic mass is 10.0. The van der Waals surface area contributed by atoms with Crippen LogP contribution in [0.5, 0.6) is 0 Å². The molecule has 2 aliphatic heterocycles. The number of hydrogen-bond acceptors (Lipinski definition) is 4. The smallest absolute Gasteiger partial charge is 0.191 e. The molecule has 0 amide bonds. The van der Waals surface area contributed by atoms with Crippen LogP contribution >= 0.6 is 0 Å². The number of likely N-dealkylation sites (tertiary alicyclic amines) is 1. The highest BCUT2D eigenvalue weighted by Gasteiger charge is 2.28. The zero-order valence-corrected chi connectivity index (χ0v) is 15.4. The fraction of sp³-hybridized carbons (Fsp3) is 0.938. The molecule has 0 aromatic carbocycles. The van der Waals surface area contributed by atoms with Crippen molar-refractivity contribution in [3.8, 4) is 0 Å². The second-order valence-corrected chi connectivity index (χ2v) is 9.06. The highest BCUT2D eigenvalue weighted by Crippen LogP contribution is 2.16. The van der Waals surface area contributed by atoms with Crippen molar-refractivity contribution in [2.75, 3.05) is 38.2 Å². The van der Waals surface area contributed by atoms with Crippen molar-refractivity contribution in [1.29, 1.82) is 0 Å². The number of unbranched alkanes of at least 4 members (excludes halogenated alkanes) is 1. The van der Waals surface area contributed by atoms with Gasteiger partial charge in [0.1, 0.15) is 0 Å². The fourth-order valence-electron chi connectivity index (χ4n) is 3.43. The van der Waals surface area contributed by atoms with Gasteiger partial charge in [0.25, 0.3) is 0 Å². The van der Waals surface area contributed by atoms with Gasteiger partial charge in [0, 0.05) is 25.7 Å². The van der Waals surface area contributed by atoms with Crippen LogP contribution in [0.2, 0.25) is 0 Å². The van der Waals surface area contributed by atoms with Gasteiger partial charge in [-0.25, -0.2) is 8.42 Å². The van der Waals surface area contributed by atoms with E-state index in [0.29, 0.717) is 6.42 Å². The second kappa shape index (κ2) is 8.87. The van der Waals surface area contributed by atoms with Crippen molar-refractivity contribution in [3.05, 3.63) is 0 Å². The molecule has 2 unspecified atom stereocenters. The molecule has 2 N–H and O–H groups in total. The Morgan fingerprint density at radius 2 is 2.09 bits per heavy atom. The maximum atomic E-state index is 11.5. The van der Waals surface area contributed by atoms with E-state index >= 15 is 0 Å². The molecule has 0 aromatic heterocycles. The van der Waals surface area contributed by atoms with Gasteiger partial charge in [-0.15, -0.1) is 0 Å². The molecule has 2 fully saturated rings. The van der Waals surface area contributed by atoms with Gasteiger partial charge in [0.2, 0.25) is 0 Å². The van der Waals surface area contributed by atoms with E-state index in [2.05, 4.69) is 27.4 Å². The van der Waals surface area contributed by atoms with Crippen molar-refractivity contribution in [3.63, 3.8) is 0 Å². The highest BCUT2D eigenvalue weighted by atomic mass is 32.2. The van der Waals surface area contributed by atoms with Crippen molar-refractivity contribution >= 4 is 15.8 Å². The Morgan fingerprint density at radius 3 is 2.74 bits per heavy atom. The summed E-state index contributed by atoms with van der Waals surface area (Å²) in [6.45, 7) is 5.63. The normalized spacial score (nSPS) is 28.7. The van der Waals surface area contributed by atoms with E-state index < -0.39 is 9.84 Å². The summed E-state index contributed by atoms with van der Waals surface area (Å²) in [5.41, 5.74) is 0. The molecule has 0 bridgehead atoms. The average Bonchev–Trinajstić information content (AvgIpc) is 2.86. The number of aliphatic imine (C=N–C) groups is 1. The molecule has 0 aromatic rings. The number of nitrogens with one attached hydrogen (secondary N) is 2. The number of rotatable bonds is 6. The summed E-state index contributed by atoms with van der Waals surface area (Å²) in [6, 6.07) is 0.732. The molecule has 7 heteroatoms. The minimum absolute atomic E-state index is 0.000370. The first-order valence-electron chi connectivity index (χ1n) is 8.92. The first-order valence-corrected chi connectivity index (χ1v) is 10.7. The lowest BCUT2D eigenvalue weighted by Gasteiger charge is -2.33. The van der Waals surface area contributed by atoms with Crippen molar-refractivity contribution in [1.82, 2.24) is 15.5 Å². The second-order valence-electron chi connectivity index (χ2n) is 6.83. The van der Waals surface area contributed by atoms with Crippen LogP contribution < -0.4 is 10.6 Å². The van der Waals surface area contributed by atoms with Crippen LogP contribution in [0, 0.1) is 0 Å². The predicted molar refractivity (Wildman–Crippen MR) is 95.7 cm³/mol. The molecule has 23 heavy (non-hydrogen) atoms. The number of piperidine rings is 1. The lowest BCUT2D eigenvalue weighted by molar-refractivity contribution is 0.158. The molecule has 2 atom stereocenters. The predicted octanol–water partition coefficient (Wildman–Crippen LogP) is 0.993. The quantitative estimate of drug-likeness (QED) is 0.427. The molecule has 6 nitrogen and oxygen atoms in total. The van der Waals surface area contributed by atoms with E-state index in [9.17, 15) is 8.42 Å². The zero-order chi connectivity index (χ0) is 16.7. The molecule has 0 spiro atoms. The number of sulfone groups is 1. The van der Waals surface area contributed by atoms with E-state index in [0.717, 1.165) is 25.0 Å². The first-order chi connectivity index (χ1) is 11.0. The topological polar surface area (TPSA) is 73.8 Å². The van der Waals surface area contributed by atoms with Crippen molar-refractivity contribution < 1.29 is 8.42 Å². The Balaban J connectivity index is 1.59. The molecule has 0 saturated carbocycles. The van der Waals surface area contributed by atoms with E-state index in [4.69, 9.17) is 0 Å². The van der Waals surface area contributed by atoms with Gasteiger partial charge < -0.3 is 15.5 Å². The van der Waals surface area contributed by atoms with Gasteiger partial charge in [0.05, 0.1) is 11.5 Å². The number of nitrogens with zero attached hydrogens (tertiary/aromatic N) is 2. The molecule has 2 heterocycles. The number of hydrogen-bond donors (Lipinski definition) is 2. The van der Waals surface area contributed by atoms with Gasteiger partial charge in [-0.05, 0) is 52.1 Å². The summed E-state index contributed by atoms with van der Waals surface area (Å²) in [5.74, 6) is 1.23. The fourth-order valence-corrected chi connectivity index (χ4v) is 5.11. The Bertz CT molecular complexity index is 492. The third-order valence-corrected chi connectivity index (χ3v) is 6.67. The molecule has 0 radical (unpaired) electrons. The van der Waals surface area contributed by atoms with E-state index in [1.807, 2.05) is 0 Å². The van der Waals surface area contributed by atoms with Crippen LogP contribution in [0.4, 0.5) is 0 Å². The summed E-state index contributed by atoms with van der Waals surface area (Å²) < 4.78 is 23.0. The van der Waals surface area contributed by atoms with Crippen LogP contribution in [-0.2, 0) is 9.84 Å². The monoisotopic (exact) mass is 344 g/mol. The Morgan fingerprint density at radius 1 is 1.26 bits per heavy atom. The maximum Gasteiger partial charge on any atom is 0.191 e. The Kier molecular flexibility index (Phi) is 7.14. The van der Waals surface area contributed by atoms with Crippen molar-refractivity contribution in [2.24, 2.45) is 4.99 Å². The van der Waals surface area contributed by atoms with Gasteiger partial charge in [0.15, 0.2) is 15.8 Å². The summed E-state index contributed by atoms with van der Waals surface area (Å²) in [5, 5.41) is 6.52. The molecule has 0 aliphatic carbocycles. The molecule has 2 aliphatic rings. The summed E-state index contributed by atoms with van der Waals surface area (Å²) >= 11 is 0. The third kappa shape index (κ3) is 6.30. The van der Waals surface area contributed by atoms with Crippen LogP contribution in [0.25, 0.3) is 0 Å². The van der Waals surface area contributed by atoms with Crippen LogP contribution in [0.15, 0.2) is 4.99 Å².